The summed E-state index contributed by atoms with van der Waals surface area (Å²) in [4.78, 5) is 2.69. The van der Waals surface area contributed by atoms with Gasteiger partial charge in [0.1, 0.15) is 0 Å². The largest absolute Gasteiger partial charge is 0.305 e. The van der Waals surface area contributed by atoms with Gasteiger partial charge in [0.2, 0.25) is 0 Å². The van der Waals surface area contributed by atoms with E-state index in [0.29, 0.717) is 5.41 Å². The van der Waals surface area contributed by atoms with E-state index in [1.54, 1.807) is 0 Å². The molecule has 3 rings (SSSR count). The number of piperazine rings is 1. The zero-order chi connectivity index (χ0) is 14.1. The molecule has 1 atom stereocenters. The smallest absolute Gasteiger partial charge is 0.0535 e. The Balaban J connectivity index is 1.70. The van der Waals surface area contributed by atoms with Crippen LogP contribution in [0.25, 0.3) is 0 Å². The van der Waals surface area contributed by atoms with Crippen LogP contribution in [0.15, 0.2) is 30.3 Å². The van der Waals surface area contributed by atoms with Gasteiger partial charge in [-0.1, -0.05) is 50.1 Å². The molecule has 1 aromatic carbocycles. The fraction of sp³-hybridized carbons (Fsp3) is 0.667. The Morgan fingerprint density at radius 3 is 2.50 bits per heavy atom. The van der Waals surface area contributed by atoms with Crippen LogP contribution in [0, 0.1) is 5.41 Å². The highest BCUT2D eigenvalue weighted by molar-refractivity contribution is 5.24. The van der Waals surface area contributed by atoms with Crippen molar-refractivity contribution in [2.24, 2.45) is 5.41 Å². The molecule has 0 bridgehead atoms. The second-order valence-corrected chi connectivity index (χ2v) is 7.35. The summed E-state index contributed by atoms with van der Waals surface area (Å²) in [5, 5.41) is 3.74. The third-order valence-electron chi connectivity index (χ3n) is 5.31. The van der Waals surface area contributed by atoms with Crippen LogP contribution in [0.4, 0.5) is 0 Å². The molecule has 1 aliphatic heterocycles. The molecule has 110 valence electrons. The first-order valence-electron chi connectivity index (χ1n) is 8.13. The highest BCUT2D eigenvalue weighted by atomic mass is 15.2. The van der Waals surface area contributed by atoms with Crippen molar-refractivity contribution in [3.63, 3.8) is 0 Å². The van der Waals surface area contributed by atoms with Crippen LogP contribution in [-0.2, 0) is 5.54 Å². The molecular formula is C18H28N2. The Kier molecular flexibility index (Phi) is 3.87. The zero-order valence-corrected chi connectivity index (χ0v) is 13.0. The van der Waals surface area contributed by atoms with Gasteiger partial charge in [0.05, 0.1) is 5.54 Å². The first kappa shape index (κ1) is 14.1. The molecule has 1 aliphatic carbocycles. The van der Waals surface area contributed by atoms with Crippen molar-refractivity contribution in [2.45, 2.75) is 45.1 Å². The number of benzene rings is 1. The molecule has 0 amide bonds. The SMILES string of the molecule is CC1(CN2CCNC(C)(c3ccccc3)C2)CCCC1. The van der Waals surface area contributed by atoms with Crippen molar-refractivity contribution < 1.29 is 0 Å². The summed E-state index contributed by atoms with van der Waals surface area (Å²) in [5.41, 5.74) is 2.09. The summed E-state index contributed by atoms with van der Waals surface area (Å²) in [6.45, 7) is 9.54. The third kappa shape index (κ3) is 2.91. The molecule has 2 nitrogen and oxygen atoms in total. The number of hydrogen-bond donors (Lipinski definition) is 1. The second kappa shape index (κ2) is 5.50. The van der Waals surface area contributed by atoms with Crippen molar-refractivity contribution in [3.8, 4) is 0 Å². The molecule has 0 spiro atoms. The predicted octanol–water partition coefficient (Wildman–Crippen LogP) is 3.39. The highest BCUT2D eigenvalue weighted by Gasteiger charge is 2.36. The van der Waals surface area contributed by atoms with E-state index in [1.807, 2.05) is 0 Å². The van der Waals surface area contributed by atoms with Crippen molar-refractivity contribution in [1.82, 2.24) is 10.2 Å². The van der Waals surface area contributed by atoms with Gasteiger partial charge in [-0.25, -0.2) is 0 Å². The van der Waals surface area contributed by atoms with Crippen LogP contribution in [0.3, 0.4) is 0 Å². The summed E-state index contributed by atoms with van der Waals surface area (Å²) in [7, 11) is 0. The van der Waals surface area contributed by atoms with Crippen LogP contribution in [-0.4, -0.2) is 31.1 Å². The van der Waals surface area contributed by atoms with Gasteiger partial charge in [0.25, 0.3) is 0 Å². The normalized spacial score (nSPS) is 30.5. The summed E-state index contributed by atoms with van der Waals surface area (Å²) in [6, 6.07) is 10.9. The van der Waals surface area contributed by atoms with Crippen molar-refractivity contribution >= 4 is 0 Å². The molecule has 1 N–H and O–H groups in total. The average Bonchev–Trinajstić information content (AvgIpc) is 2.86. The molecule has 2 aliphatic rings. The quantitative estimate of drug-likeness (QED) is 0.907. The van der Waals surface area contributed by atoms with Gasteiger partial charge >= 0.3 is 0 Å². The van der Waals surface area contributed by atoms with Crippen LogP contribution in [0.2, 0.25) is 0 Å². The highest BCUT2D eigenvalue weighted by Crippen LogP contribution is 2.39. The van der Waals surface area contributed by atoms with E-state index in [0.717, 1.165) is 13.1 Å². The Morgan fingerprint density at radius 1 is 1.10 bits per heavy atom. The maximum atomic E-state index is 3.74. The third-order valence-corrected chi connectivity index (χ3v) is 5.31. The lowest BCUT2D eigenvalue weighted by molar-refractivity contribution is 0.0951. The lowest BCUT2D eigenvalue weighted by Gasteiger charge is -2.44. The van der Waals surface area contributed by atoms with Gasteiger partial charge in [0, 0.05) is 26.2 Å². The van der Waals surface area contributed by atoms with Gasteiger partial charge in [-0.15, -0.1) is 0 Å². The van der Waals surface area contributed by atoms with Crippen molar-refractivity contribution in [1.29, 1.82) is 0 Å². The first-order chi connectivity index (χ1) is 9.60. The molecule has 1 saturated heterocycles. The van der Waals surface area contributed by atoms with Gasteiger partial charge in [-0.3, -0.25) is 4.90 Å². The molecule has 0 radical (unpaired) electrons. The molecule has 0 aromatic heterocycles. The van der Waals surface area contributed by atoms with E-state index in [9.17, 15) is 0 Å². The van der Waals surface area contributed by atoms with E-state index < -0.39 is 0 Å². The van der Waals surface area contributed by atoms with E-state index in [2.05, 4.69) is 54.4 Å². The second-order valence-electron chi connectivity index (χ2n) is 7.35. The fourth-order valence-corrected chi connectivity index (χ4v) is 4.13. The molecule has 2 heteroatoms. The first-order valence-corrected chi connectivity index (χ1v) is 8.13. The number of nitrogens with one attached hydrogen (secondary N) is 1. The lowest BCUT2D eigenvalue weighted by Crippen LogP contribution is -2.58. The summed E-state index contributed by atoms with van der Waals surface area (Å²) in [5.74, 6) is 0. The minimum absolute atomic E-state index is 0.106. The molecular weight excluding hydrogens is 244 g/mol. The minimum atomic E-state index is 0.106. The van der Waals surface area contributed by atoms with Gasteiger partial charge in [-0.05, 0) is 30.7 Å². The molecule has 1 saturated carbocycles. The maximum Gasteiger partial charge on any atom is 0.0535 e. The predicted molar refractivity (Wildman–Crippen MR) is 84.8 cm³/mol. The molecule has 2 fully saturated rings. The van der Waals surface area contributed by atoms with Crippen molar-refractivity contribution in [3.05, 3.63) is 35.9 Å². The summed E-state index contributed by atoms with van der Waals surface area (Å²) >= 11 is 0. The Bertz CT molecular complexity index is 436. The van der Waals surface area contributed by atoms with Crippen LogP contribution in [0.1, 0.15) is 45.1 Å². The number of hydrogen-bond acceptors (Lipinski definition) is 2. The zero-order valence-electron chi connectivity index (χ0n) is 13.0. The maximum absolute atomic E-state index is 3.74. The summed E-state index contributed by atoms with van der Waals surface area (Å²) in [6.07, 6.45) is 5.69. The molecule has 20 heavy (non-hydrogen) atoms. The molecule has 1 aromatic rings. The van der Waals surface area contributed by atoms with Gasteiger partial charge < -0.3 is 5.32 Å². The van der Waals surface area contributed by atoms with Crippen LogP contribution >= 0.6 is 0 Å². The fourth-order valence-electron chi connectivity index (χ4n) is 4.13. The summed E-state index contributed by atoms with van der Waals surface area (Å²) < 4.78 is 0. The van der Waals surface area contributed by atoms with E-state index in [-0.39, 0.29) is 5.54 Å². The minimum Gasteiger partial charge on any atom is -0.305 e. The Morgan fingerprint density at radius 2 is 1.80 bits per heavy atom. The van der Waals surface area contributed by atoms with E-state index >= 15 is 0 Å². The topological polar surface area (TPSA) is 15.3 Å². The molecule has 1 heterocycles. The van der Waals surface area contributed by atoms with Crippen molar-refractivity contribution in [2.75, 3.05) is 26.2 Å². The Labute approximate surface area is 123 Å². The standard InChI is InChI=1S/C18H28N2/c1-17(10-6-7-11-17)14-20-13-12-19-18(2,15-20)16-8-4-3-5-9-16/h3-5,8-9,19H,6-7,10-15H2,1-2H3. The Hall–Kier alpha value is -0.860. The van der Waals surface area contributed by atoms with Crippen LogP contribution in [0.5, 0.6) is 0 Å². The van der Waals surface area contributed by atoms with E-state index in [1.165, 1.54) is 44.3 Å². The number of nitrogens with zero attached hydrogens (tertiary/aromatic N) is 1. The molecule has 1 unspecified atom stereocenters. The van der Waals surface area contributed by atoms with Crippen LogP contribution < -0.4 is 5.32 Å². The lowest BCUT2D eigenvalue weighted by atomic mass is 9.85. The van der Waals surface area contributed by atoms with E-state index in [4.69, 9.17) is 0 Å². The van der Waals surface area contributed by atoms with Gasteiger partial charge in [0.15, 0.2) is 0 Å². The average molecular weight is 272 g/mol. The van der Waals surface area contributed by atoms with Gasteiger partial charge in [-0.2, -0.15) is 0 Å². The number of rotatable bonds is 3. The monoisotopic (exact) mass is 272 g/mol.